The Balaban J connectivity index is 1.75. The van der Waals surface area contributed by atoms with E-state index < -0.39 is 33.2 Å². The summed E-state index contributed by atoms with van der Waals surface area (Å²) in [6, 6.07) is 2.44. The summed E-state index contributed by atoms with van der Waals surface area (Å²) in [6.07, 6.45) is 24.7. The van der Waals surface area contributed by atoms with E-state index >= 15 is 0 Å². The third-order valence-corrected chi connectivity index (χ3v) is 8.02. The number of carbonyl (C=O) groups is 2. The zero-order valence-electron chi connectivity index (χ0n) is 27.4. The number of imidazole rings is 1. The van der Waals surface area contributed by atoms with Gasteiger partial charge in [-0.15, -0.1) is 6.58 Å². The van der Waals surface area contributed by atoms with E-state index in [1.54, 1.807) is 0 Å². The number of nitro benzene ring substituents is 2. The van der Waals surface area contributed by atoms with Crippen molar-refractivity contribution in [1.29, 1.82) is 0 Å². The molecule has 0 bridgehead atoms. The number of hydrogen-bond acceptors (Lipinski definition) is 7. The Kier molecular flexibility index (Phi) is 18.6. The fourth-order valence-electron chi connectivity index (χ4n) is 5.41. The van der Waals surface area contributed by atoms with Gasteiger partial charge in [-0.3, -0.25) is 34.4 Å². The Bertz CT molecular complexity index is 1250. The molecule has 1 aromatic carbocycles. The van der Waals surface area contributed by atoms with Crippen LogP contribution in [0.2, 0.25) is 0 Å². The SMILES string of the molecule is C=CCNC(=O)C(Cc1cn(-c2ccc([N+](=O)[O-])cc2[N+](=O)[O-])cn1)NC(=O)CCCCCCCCCCCCCCCCCC. The van der Waals surface area contributed by atoms with E-state index in [0.29, 0.717) is 12.1 Å². The number of non-ortho nitro benzene ring substituents is 1. The smallest absolute Gasteiger partial charge is 0.300 e. The number of nitrogens with zero attached hydrogens (tertiary/aromatic N) is 4. The Labute approximate surface area is 272 Å². The van der Waals surface area contributed by atoms with Crippen molar-refractivity contribution < 1.29 is 19.4 Å². The fraction of sp³-hybridized carbons (Fsp3) is 0.618. The van der Waals surface area contributed by atoms with E-state index in [1.807, 2.05) is 0 Å². The summed E-state index contributed by atoms with van der Waals surface area (Å²) in [7, 11) is 0. The lowest BCUT2D eigenvalue weighted by Gasteiger charge is -2.17. The maximum absolute atomic E-state index is 12.8. The second-order valence-electron chi connectivity index (χ2n) is 11.9. The number of aromatic nitrogens is 2. The number of nitrogens with one attached hydrogen (secondary N) is 2. The van der Waals surface area contributed by atoms with Crippen molar-refractivity contribution >= 4 is 23.2 Å². The monoisotopic (exact) mass is 640 g/mol. The fourth-order valence-corrected chi connectivity index (χ4v) is 5.41. The molecule has 2 N–H and O–H groups in total. The van der Waals surface area contributed by atoms with E-state index in [1.165, 1.54) is 119 Å². The van der Waals surface area contributed by atoms with Gasteiger partial charge in [-0.2, -0.15) is 0 Å². The lowest BCUT2D eigenvalue weighted by Crippen LogP contribution is -2.48. The van der Waals surface area contributed by atoms with Gasteiger partial charge in [0.05, 0.1) is 27.9 Å². The highest BCUT2D eigenvalue weighted by Gasteiger charge is 2.24. The van der Waals surface area contributed by atoms with Crippen molar-refractivity contribution in [2.24, 2.45) is 0 Å². The predicted molar refractivity (Wildman–Crippen MR) is 180 cm³/mol. The summed E-state index contributed by atoms with van der Waals surface area (Å²) in [5, 5.41) is 28.1. The van der Waals surface area contributed by atoms with E-state index in [0.717, 1.165) is 25.3 Å². The van der Waals surface area contributed by atoms with Gasteiger partial charge in [0.1, 0.15) is 11.7 Å². The first kappa shape index (κ1) is 38.1. The summed E-state index contributed by atoms with van der Waals surface area (Å²) in [5.74, 6) is -0.620. The Morgan fingerprint density at radius 3 is 1.98 bits per heavy atom. The molecule has 0 spiro atoms. The number of carbonyl (C=O) groups excluding carboxylic acids is 2. The zero-order valence-corrected chi connectivity index (χ0v) is 27.4. The van der Waals surface area contributed by atoms with E-state index in [9.17, 15) is 29.8 Å². The molecule has 0 fully saturated rings. The van der Waals surface area contributed by atoms with Crippen molar-refractivity contribution in [2.75, 3.05) is 6.54 Å². The van der Waals surface area contributed by atoms with Gasteiger partial charge >= 0.3 is 0 Å². The Morgan fingerprint density at radius 2 is 1.46 bits per heavy atom. The molecule has 254 valence electrons. The van der Waals surface area contributed by atoms with Crippen LogP contribution < -0.4 is 10.6 Å². The minimum absolute atomic E-state index is 0.0570. The molecule has 0 aliphatic heterocycles. The van der Waals surface area contributed by atoms with Gasteiger partial charge in [0.2, 0.25) is 11.8 Å². The second-order valence-corrected chi connectivity index (χ2v) is 11.9. The highest BCUT2D eigenvalue weighted by molar-refractivity contribution is 5.87. The largest absolute Gasteiger partial charge is 0.351 e. The van der Waals surface area contributed by atoms with Crippen molar-refractivity contribution in [3.8, 4) is 5.69 Å². The van der Waals surface area contributed by atoms with Crippen LogP contribution in [0.3, 0.4) is 0 Å². The molecule has 12 heteroatoms. The molecule has 0 radical (unpaired) electrons. The van der Waals surface area contributed by atoms with E-state index in [2.05, 4.69) is 29.1 Å². The number of unbranched alkanes of at least 4 members (excludes halogenated alkanes) is 15. The van der Waals surface area contributed by atoms with Crippen LogP contribution >= 0.6 is 0 Å². The van der Waals surface area contributed by atoms with Gasteiger partial charge in [-0.05, 0) is 12.5 Å². The molecule has 2 rings (SSSR count). The highest BCUT2D eigenvalue weighted by atomic mass is 16.6. The molecule has 1 atom stereocenters. The normalized spacial score (nSPS) is 11.6. The Hall–Kier alpha value is -4.09. The number of benzene rings is 1. The minimum Gasteiger partial charge on any atom is -0.351 e. The van der Waals surface area contributed by atoms with Crippen LogP contribution in [0, 0.1) is 20.2 Å². The average molecular weight is 641 g/mol. The lowest BCUT2D eigenvalue weighted by molar-refractivity contribution is -0.394. The van der Waals surface area contributed by atoms with Crippen LogP contribution in [0.4, 0.5) is 11.4 Å². The highest BCUT2D eigenvalue weighted by Crippen LogP contribution is 2.28. The van der Waals surface area contributed by atoms with E-state index in [4.69, 9.17) is 0 Å². The van der Waals surface area contributed by atoms with E-state index in [-0.39, 0.29) is 24.6 Å². The molecule has 0 saturated heterocycles. The van der Waals surface area contributed by atoms with Crippen LogP contribution in [0.25, 0.3) is 5.69 Å². The first-order valence-corrected chi connectivity index (χ1v) is 16.9. The lowest BCUT2D eigenvalue weighted by atomic mass is 10.0. The third-order valence-electron chi connectivity index (χ3n) is 8.02. The average Bonchev–Trinajstić information content (AvgIpc) is 3.51. The summed E-state index contributed by atoms with van der Waals surface area (Å²) in [6.45, 7) is 6.09. The van der Waals surface area contributed by atoms with Crippen LogP contribution in [-0.2, 0) is 16.0 Å². The molecule has 0 saturated carbocycles. The zero-order chi connectivity index (χ0) is 33.6. The quantitative estimate of drug-likeness (QED) is 0.0461. The molecular weight excluding hydrogens is 588 g/mol. The van der Waals surface area contributed by atoms with Crippen LogP contribution in [-0.4, -0.2) is 43.8 Å². The van der Waals surface area contributed by atoms with Gasteiger partial charge in [0.25, 0.3) is 11.4 Å². The van der Waals surface area contributed by atoms with Crippen molar-refractivity contribution in [1.82, 2.24) is 20.2 Å². The van der Waals surface area contributed by atoms with Crippen LogP contribution in [0.1, 0.15) is 122 Å². The van der Waals surface area contributed by atoms with Gasteiger partial charge in [0.15, 0.2) is 0 Å². The first-order valence-electron chi connectivity index (χ1n) is 16.9. The summed E-state index contributed by atoms with van der Waals surface area (Å²) >= 11 is 0. The number of hydrogen-bond donors (Lipinski definition) is 2. The predicted octanol–water partition coefficient (Wildman–Crippen LogP) is 7.67. The standard InChI is InChI=1S/C34H52N6O6/c1-3-5-6-7-8-9-10-11-12-13-14-15-16-17-18-19-20-33(41)37-30(34(42)35-23-4-2)24-28-26-38(27-36-28)31-22-21-29(39(43)44)25-32(31)40(45)46/h4,21-22,25-27,30H,2-3,5-20,23-24H2,1H3,(H,35,42)(H,37,41). The first-order chi connectivity index (χ1) is 22.3. The summed E-state index contributed by atoms with van der Waals surface area (Å²) in [5.41, 5.74) is -0.351. The topological polar surface area (TPSA) is 162 Å². The number of amides is 2. The van der Waals surface area contributed by atoms with Gasteiger partial charge in [0, 0.05) is 31.6 Å². The molecule has 1 unspecified atom stereocenters. The molecule has 12 nitrogen and oxygen atoms in total. The molecule has 2 amide bonds. The molecule has 1 heterocycles. The molecule has 2 aromatic rings. The van der Waals surface area contributed by atoms with Crippen molar-refractivity contribution in [3.63, 3.8) is 0 Å². The van der Waals surface area contributed by atoms with Gasteiger partial charge < -0.3 is 10.6 Å². The molecule has 46 heavy (non-hydrogen) atoms. The third kappa shape index (κ3) is 14.8. The molecule has 0 aliphatic rings. The summed E-state index contributed by atoms with van der Waals surface area (Å²) < 4.78 is 1.37. The molecule has 0 aliphatic carbocycles. The second kappa shape index (κ2) is 22.4. The van der Waals surface area contributed by atoms with Crippen molar-refractivity contribution in [2.45, 2.75) is 129 Å². The van der Waals surface area contributed by atoms with Crippen molar-refractivity contribution in [3.05, 3.63) is 69.3 Å². The van der Waals surface area contributed by atoms with Crippen LogP contribution in [0.15, 0.2) is 43.4 Å². The number of rotatable bonds is 26. The van der Waals surface area contributed by atoms with Gasteiger partial charge in [-0.25, -0.2) is 4.98 Å². The maximum atomic E-state index is 12.8. The minimum atomic E-state index is -0.899. The van der Waals surface area contributed by atoms with Gasteiger partial charge in [-0.1, -0.05) is 109 Å². The molecule has 1 aromatic heterocycles. The molecular formula is C34H52N6O6. The van der Waals surface area contributed by atoms with Crippen LogP contribution in [0.5, 0.6) is 0 Å². The Morgan fingerprint density at radius 1 is 0.891 bits per heavy atom. The summed E-state index contributed by atoms with van der Waals surface area (Å²) in [4.78, 5) is 51.1. The maximum Gasteiger partial charge on any atom is 0.300 e. The number of nitro groups is 2.